The average Bonchev–Trinajstić information content (AvgIpc) is 2.97. The van der Waals surface area contributed by atoms with Crippen LogP contribution in [0.2, 0.25) is 0 Å². The first-order valence-corrected chi connectivity index (χ1v) is 10.1. The highest BCUT2D eigenvalue weighted by Crippen LogP contribution is 2.22. The lowest BCUT2D eigenvalue weighted by Gasteiger charge is -2.34. The summed E-state index contributed by atoms with van der Waals surface area (Å²) in [6, 6.07) is 8.26. The zero-order valence-electron chi connectivity index (χ0n) is 16.4. The van der Waals surface area contributed by atoms with Crippen molar-refractivity contribution in [3.8, 4) is 0 Å². The van der Waals surface area contributed by atoms with Gasteiger partial charge in [0.2, 0.25) is 5.91 Å². The number of benzene rings is 1. The van der Waals surface area contributed by atoms with Gasteiger partial charge in [-0.2, -0.15) is 0 Å². The summed E-state index contributed by atoms with van der Waals surface area (Å²) in [4.78, 5) is 22.2. The number of carbonyl (C=O) groups is 1. The second-order valence-electron chi connectivity index (χ2n) is 7.48. The van der Waals surface area contributed by atoms with Crippen molar-refractivity contribution in [2.75, 3.05) is 26.2 Å². The molecule has 1 fully saturated rings. The molecule has 3 rings (SSSR count). The number of hydrogen-bond acceptors (Lipinski definition) is 3. The number of likely N-dealkylation sites (tertiary alicyclic amines) is 1. The average molecular weight is 357 g/mol. The van der Waals surface area contributed by atoms with E-state index >= 15 is 0 Å². The lowest BCUT2D eigenvalue weighted by molar-refractivity contribution is -0.137. The minimum Gasteiger partial charge on any atom is -0.342 e. The number of fused-ring (bicyclic) bond motifs is 1. The molecule has 1 amide bonds. The van der Waals surface area contributed by atoms with Gasteiger partial charge in [-0.05, 0) is 44.4 Å². The molecule has 0 bridgehead atoms. The number of rotatable bonds is 7. The monoisotopic (exact) mass is 356 g/mol. The largest absolute Gasteiger partial charge is 0.342 e. The van der Waals surface area contributed by atoms with Crippen LogP contribution in [-0.2, 0) is 18.4 Å². The van der Waals surface area contributed by atoms with Gasteiger partial charge in [0, 0.05) is 26.7 Å². The number of imidazole rings is 1. The van der Waals surface area contributed by atoms with Crippen LogP contribution in [0, 0.1) is 5.92 Å². The Morgan fingerprint density at radius 1 is 1.23 bits per heavy atom. The number of hydrogen-bond donors (Lipinski definition) is 0. The van der Waals surface area contributed by atoms with E-state index in [0.29, 0.717) is 5.91 Å². The quantitative estimate of drug-likeness (QED) is 0.763. The zero-order chi connectivity index (χ0) is 18.5. The van der Waals surface area contributed by atoms with Gasteiger partial charge >= 0.3 is 0 Å². The maximum atomic E-state index is 13.0. The third-order valence-corrected chi connectivity index (χ3v) is 5.40. The summed E-state index contributed by atoms with van der Waals surface area (Å²) >= 11 is 0. The molecule has 0 N–H and O–H groups in total. The van der Waals surface area contributed by atoms with Crippen LogP contribution in [0.5, 0.6) is 0 Å². The Morgan fingerprint density at radius 3 is 2.65 bits per heavy atom. The van der Waals surface area contributed by atoms with Crippen molar-refractivity contribution in [1.29, 1.82) is 0 Å². The maximum absolute atomic E-state index is 13.0. The Morgan fingerprint density at radius 2 is 1.96 bits per heavy atom. The van der Waals surface area contributed by atoms with Gasteiger partial charge in [-0.25, -0.2) is 4.98 Å². The van der Waals surface area contributed by atoms with E-state index in [2.05, 4.69) is 53.5 Å². The molecule has 5 nitrogen and oxygen atoms in total. The van der Waals surface area contributed by atoms with Gasteiger partial charge in [-0.15, -0.1) is 0 Å². The molecule has 142 valence electrons. The summed E-state index contributed by atoms with van der Waals surface area (Å²) < 4.78 is 2.18. The predicted octanol–water partition coefficient (Wildman–Crippen LogP) is 3.43. The third-order valence-electron chi connectivity index (χ3n) is 5.40. The second kappa shape index (κ2) is 8.67. The smallest absolute Gasteiger partial charge is 0.226 e. The molecule has 1 aromatic heterocycles. The molecule has 2 heterocycles. The molecule has 1 atom stereocenters. The van der Waals surface area contributed by atoms with Gasteiger partial charge in [-0.1, -0.05) is 26.0 Å². The Bertz CT molecular complexity index is 733. The standard InChI is InChI=1S/C21H32N4O/c1-4-12-25(13-5-2)21(26)17-9-8-14-24(15-17)16-20-22-18-10-6-7-11-19(18)23(20)3/h6-7,10-11,17H,4-5,8-9,12-16H2,1-3H3/t17-/m0/s1. The molecule has 26 heavy (non-hydrogen) atoms. The fraction of sp³-hybridized carbons (Fsp3) is 0.619. The first kappa shape index (κ1) is 18.9. The van der Waals surface area contributed by atoms with Crippen LogP contribution >= 0.6 is 0 Å². The van der Waals surface area contributed by atoms with Gasteiger partial charge in [-0.3, -0.25) is 9.69 Å². The SMILES string of the molecule is CCCN(CCC)C(=O)[C@H]1CCCN(Cc2nc3ccccc3n2C)C1. The van der Waals surface area contributed by atoms with Crippen molar-refractivity contribution in [2.45, 2.75) is 46.1 Å². The minimum atomic E-state index is 0.136. The fourth-order valence-electron chi connectivity index (χ4n) is 4.07. The Labute approximate surface area is 157 Å². The van der Waals surface area contributed by atoms with Crippen LogP contribution in [-0.4, -0.2) is 51.4 Å². The van der Waals surface area contributed by atoms with Crippen molar-refractivity contribution in [3.05, 3.63) is 30.1 Å². The van der Waals surface area contributed by atoms with Crippen molar-refractivity contribution in [1.82, 2.24) is 19.4 Å². The van der Waals surface area contributed by atoms with E-state index in [-0.39, 0.29) is 5.92 Å². The Hall–Kier alpha value is -1.88. The number of aryl methyl sites for hydroxylation is 1. The number of amides is 1. The topological polar surface area (TPSA) is 41.4 Å². The van der Waals surface area contributed by atoms with Gasteiger partial charge < -0.3 is 9.47 Å². The number of para-hydroxylation sites is 2. The molecule has 1 aromatic carbocycles. The highest BCUT2D eigenvalue weighted by Gasteiger charge is 2.29. The van der Waals surface area contributed by atoms with Crippen LogP contribution in [0.3, 0.4) is 0 Å². The molecule has 0 unspecified atom stereocenters. The van der Waals surface area contributed by atoms with E-state index < -0.39 is 0 Å². The highest BCUT2D eigenvalue weighted by molar-refractivity contribution is 5.79. The maximum Gasteiger partial charge on any atom is 0.226 e. The van der Waals surface area contributed by atoms with Crippen molar-refractivity contribution >= 4 is 16.9 Å². The van der Waals surface area contributed by atoms with Crippen molar-refractivity contribution in [3.63, 3.8) is 0 Å². The fourth-order valence-corrected chi connectivity index (χ4v) is 4.07. The van der Waals surface area contributed by atoms with Gasteiger partial charge in [0.05, 0.1) is 23.5 Å². The molecule has 0 radical (unpaired) electrons. The van der Waals surface area contributed by atoms with E-state index in [1.54, 1.807) is 0 Å². The molecule has 5 heteroatoms. The Kier molecular flexibility index (Phi) is 6.30. The summed E-state index contributed by atoms with van der Waals surface area (Å²) in [7, 11) is 2.08. The predicted molar refractivity (Wildman–Crippen MR) is 106 cm³/mol. The first-order valence-electron chi connectivity index (χ1n) is 10.1. The van der Waals surface area contributed by atoms with Gasteiger partial charge in [0.15, 0.2) is 0 Å². The molecule has 0 spiro atoms. The van der Waals surface area contributed by atoms with Crippen LogP contribution in [0.1, 0.15) is 45.4 Å². The molecular formula is C21H32N4O. The molecule has 2 aromatic rings. The normalized spacial score (nSPS) is 18.3. The van der Waals surface area contributed by atoms with Crippen molar-refractivity contribution < 1.29 is 4.79 Å². The van der Waals surface area contributed by atoms with Gasteiger partial charge in [0.1, 0.15) is 5.82 Å². The summed E-state index contributed by atoms with van der Waals surface area (Å²) in [5, 5.41) is 0. The minimum absolute atomic E-state index is 0.136. The number of piperidine rings is 1. The summed E-state index contributed by atoms with van der Waals surface area (Å²) in [5.74, 6) is 1.57. The summed E-state index contributed by atoms with van der Waals surface area (Å²) in [5.41, 5.74) is 2.22. The zero-order valence-corrected chi connectivity index (χ0v) is 16.4. The molecule has 1 aliphatic heterocycles. The molecular weight excluding hydrogens is 324 g/mol. The number of aromatic nitrogens is 2. The van der Waals surface area contributed by atoms with Crippen LogP contribution < -0.4 is 0 Å². The molecule has 0 aliphatic carbocycles. The van der Waals surface area contributed by atoms with Crippen LogP contribution in [0.4, 0.5) is 0 Å². The highest BCUT2D eigenvalue weighted by atomic mass is 16.2. The number of nitrogens with zero attached hydrogens (tertiary/aromatic N) is 4. The molecule has 1 saturated heterocycles. The van der Waals surface area contributed by atoms with Crippen LogP contribution in [0.25, 0.3) is 11.0 Å². The lowest BCUT2D eigenvalue weighted by atomic mass is 9.96. The Balaban J connectivity index is 1.67. The third kappa shape index (κ3) is 4.09. The van der Waals surface area contributed by atoms with E-state index in [1.807, 2.05) is 6.07 Å². The molecule has 1 aliphatic rings. The molecule has 0 saturated carbocycles. The van der Waals surface area contributed by atoms with E-state index in [0.717, 1.165) is 69.7 Å². The van der Waals surface area contributed by atoms with E-state index in [9.17, 15) is 4.79 Å². The van der Waals surface area contributed by atoms with E-state index in [4.69, 9.17) is 4.98 Å². The summed E-state index contributed by atoms with van der Waals surface area (Å²) in [6.45, 7) is 8.78. The first-order chi connectivity index (χ1) is 12.6. The number of carbonyl (C=O) groups excluding carboxylic acids is 1. The summed E-state index contributed by atoms with van der Waals surface area (Å²) in [6.07, 6.45) is 4.16. The van der Waals surface area contributed by atoms with Crippen LogP contribution in [0.15, 0.2) is 24.3 Å². The lowest BCUT2D eigenvalue weighted by Crippen LogP contribution is -2.45. The van der Waals surface area contributed by atoms with E-state index in [1.165, 1.54) is 5.52 Å². The van der Waals surface area contributed by atoms with Crippen molar-refractivity contribution in [2.24, 2.45) is 13.0 Å². The van der Waals surface area contributed by atoms with Gasteiger partial charge in [0.25, 0.3) is 0 Å². The second-order valence-corrected chi connectivity index (χ2v) is 7.48.